The minimum Gasteiger partial charge on any atom is -0.493 e. The van der Waals surface area contributed by atoms with E-state index >= 15 is 0 Å². The zero-order valence-electron chi connectivity index (χ0n) is 16.1. The number of aromatic nitrogens is 1. The molecule has 8 nitrogen and oxygen atoms in total. The van der Waals surface area contributed by atoms with Crippen LogP contribution in [0.2, 0.25) is 0 Å². The molecular weight excluding hydrogens is 506 g/mol. The van der Waals surface area contributed by atoms with Crippen molar-refractivity contribution in [3.8, 4) is 17.4 Å². The molecular formula is C20H14BrN3O5S2. The third-order valence-electron chi connectivity index (χ3n) is 4.54. The van der Waals surface area contributed by atoms with E-state index in [1.807, 2.05) is 0 Å². The lowest BCUT2D eigenvalue weighted by Crippen LogP contribution is -2.24. The largest absolute Gasteiger partial charge is 0.493 e. The van der Waals surface area contributed by atoms with Gasteiger partial charge in [0, 0.05) is 15.3 Å². The van der Waals surface area contributed by atoms with Crippen molar-refractivity contribution in [3.05, 3.63) is 65.8 Å². The highest BCUT2D eigenvalue weighted by molar-refractivity contribution is 9.10. The molecule has 0 radical (unpaired) electrons. The number of halogens is 1. The maximum Gasteiger partial charge on any atom is 0.279 e. The summed E-state index contributed by atoms with van der Waals surface area (Å²) in [7, 11) is 2.95. The van der Waals surface area contributed by atoms with E-state index in [4.69, 9.17) is 21.7 Å². The Kier molecular flexibility index (Phi) is 5.65. The van der Waals surface area contributed by atoms with Gasteiger partial charge in [0.1, 0.15) is 4.88 Å². The second-order valence-corrected chi connectivity index (χ2v) is 8.88. The van der Waals surface area contributed by atoms with Crippen LogP contribution in [0.5, 0.6) is 17.4 Å². The Morgan fingerprint density at radius 1 is 1.19 bits per heavy atom. The number of carbonyl (C=O) groups is 2. The first kappa shape index (κ1) is 21.2. The molecule has 31 heavy (non-hydrogen) atoms. The van der Waals surface area contributed by atoms with Crippen LogP contribution in [-0.2, 0) is 4.79 Å². The molecule has 0 fully saturated rings. The van der Waals surface area contributed by atoms with Crippen LogP contribution in [0, 0.1) is 3.95 Å². The molecule has 1 aromatic heterocycles. The van der Waals surface area contributed by atoms with Crippen LogP contribution in [-0.4, -0.2) is 35.8 Å². The Balaban J connectivity index is 1.75. The Morgan fingerprint density at radius 2 is 1.94 bits per heavy atom. The molecule has 0 atom stereocenters. The third-order valence-corrected chi connectivity index (χ3v) is 6.41. The van der Waals surface area contributed by atoms with E-state index in [2.05, 4.69) is 26.3 Å². The average Bonchev–Trinajstić information content (AvgIpc) is 3.22. The lowest BCUT2D eigenvalue weighted by atomic mass is 10.1. The van der Waals surface area contributed by atoms with Gasteiger partial charge in [0.25, 0.3) is 11.8 Å². The maximum absolute atomic E-state index is 12.7. The van der Waals surface area contributed by atoms with E-state index in [9.17, 15) is 14.7 Å². The zero-order valence-corrected chi connectivity index (χ0v) is 19.4. The number of hydrogen-bond donors (Lipinski definition) is 2. The Bertz CT molecular complexity index is 1430. The second kappa shape index (κ2) is 8.25. The van der Waals surface area contributed by atoms with Gasteiger partial charge < -0.3 is 14.6 Å². The number of benzene rings is 2. The van der Waals surface area contributed by atoms with Crippen molar-refractivity contribution in [2.75, 3.05) is 19.6 Å². The molecule has 2 heterocycles. The molecule has 0 saturated carbocycles. The van der Waals surface area contributed by atoms with Gasteiger partial charge in [-0.2, -0.15) is 4.68 Å². The van der Waals surface area contributed by atoms with Gasteiger partial charge in [0.05, 0.1) is 25.1 Å². The molecule has 2 amide bonds. The first-order valence-electron chi connectivity index (χ1n) is 8.75. The fraction of sp³-hybridized carbons (Fsp3) is 0.100. The smallest absolute Gasteiger partial charge is 0.279 e. The van der Waals surface area contributed by atoms with Gasteiger partial charge in [-0.25, -0.2) is 4.99 Å². The number of rotatable bonds is 5. The number of nitrogens with one attached hydrogen (secondary N) is 1. The molecule has 158 valence electrons. The average molecular weight is 520 g/mol. The Hall–Kier alpha value is -3.02. The van der Waals surface area contributed by atoms with E-state index in [1.54, 1.807) is 30.3 Å². The number of fused-ring (bicyclic) bond motifs is 1. The normalized spacial score (nSPS) is 12.4. The molecule has 0 bridgehead atoms. The molecule has 2 N–H and O–H groups in total. The van der Waals surface area contributed by atoms with Crippen LogP contribution in [0.15, 0.2) is 45.9 Å². The van der Waals surface area contributed by atoms with Crippen molar-refractivity contribution in [2.24, 2.45) is 4.99 Å². The van der Waals surface area contributed by atoms with Crippen LogP contribution in [0.25, 0.3) is 5.57 Å². The second-order valence-electron chi connectivity index (χ2n) is 6.32. The predicted molar refractivity (Wildman–Crippen MR) is 120 cm³/mol. The van der Waals surface area contributed by atoms with Gasteiger partial charge in [-0.05, 0) is 48.6 Å². The van der Waals surface area contributed by atoms with E-state index in [1.165, 1.54) is 20.3 Å². The summed E-state index contributed by atoms with van der Waals surface area (Å²) in [6.45, 7) is 0. The van der Waals surface area contributed by atoms with E-state index in [-0.39, 0.29) is 25.8 Å². The Labute approximate surface area is 193 Å². The number of nitrogens with zero attached hydrogens (tertiary/aromatic N) is 2. The summed E-state index contributed by atoms with van der Waals surface area (Å²) in [5.41, 5.74) is 3.04. The van der Waals surface area contributed by atoms with Crippen LogP contribution in [0.1, 0.15) is 15.2 Å². The third kappa shape index (κ3) is 3.75. The lowest BCUT2D eigenvalue weighted by molar-refractivity contribution is -0.112. The van der Waals surface area contributed by atoms with Gasteiger partial charge in [0.2, 0.25) is 5.88 Å². The molecule has 0 spiro atoms. The van der Waals surface area contributed by atoms with Crippen molar-refractivity contribution >= 4 is 56.9 Å². The van der Waals surface area contributed by atoms with Crippen LogP contribution >= 0.6 is 39.5 Å². The number of amides is 2. The summed E-state index contributed by atoms with van der Waals surface area (Å²) in [5, 5.41) is 11.9. The molecule has 0 saturated heterocycles. The summed E-state index contributed by atoms with van der Waals surface area (Å²) in [5.74, 6) is -0.522. The van der Waals surface area contributed by atoms with E-state index in [0.717, 1.165) is 20.5 Å². The minimum absolute atomic E-state index is 0.157. The SMILES string of the molecule is COc1ccc(C(=O)Nn2c(O)c(C3=c4cc(Br)ccc4=NC3=O)sc2=S)cc1OC. The van der Waals surface area contributed by atoms with Crippen molar-refractivity contribution in [1.29, 1.82) is 0 Å². The molecule has 1 aliphatic heterocycles. The van der Waals surface area contributed by atoms with Crippen molar-refractivity contribution in [1.82, 2.24) is 4.68 Å². The number of aromatic hydroxyl groups is 1. The first-order chi connectivity index (χ1) is 14.8. The molecule has 11 heteroatoms. The van der Waals surface area contributed by atoms with Gasteiger partial charge >= 0.3 is 0 Å². The fourth-order valence-electron chi connectivity index (χ4n) is 3.08. The standard InChI is InChI=1S/C20H14BrN3O5S2/c1-28-13-6-3-9(7-14(13)29-2)17(25)23-24-19(27)16(31-20(24)30)15-11-8-10(21)4-5-12(11)22-18(15)26/h3-8,27H,1-2H3,(H,23,25). The number of hydrogen-bond acceptors (Lipinski definition) is 7. The molecule has 4 rings (SSSR count). The highest BCUT2D eigenvalue weighted by Crippen LogP contribution is 2.32. The fourth-order valence-corrected chi connectivity index (χ4v) is 4.70. The van der Waals surface area contributed by atoms with Gasteiger partial charge in [-0.1, -0.05) is 27.3 Å². The Morgan fingerprint density at radius 3 is 2.65 bits per heavy atom. The quantitative estimate of drug-likeness (QED) is 0.502. The topological polar surface area (TPSA) is 102 Å². The van der Waals surface area contributed by atoms with Crippen molar-refractivity contribution < 1.29 is 24.2 Å². The van der Waals surface area contributed by atoms with Gasteiger partial charge in [-0.15, -0.1) is 0 Å². The maximum atomic E-state index is 12.7. The molecule has 0 unspecified atom stereocenters. The first-order valence-corrected chi connectivity index (χ1v) is 10.8. The van der Waals surface area contributed by atoms with Crippen LogP contribution in [0.4, 0.5) is 0 Å². The number of carbonyl (C=O) groups excluding carboxylic acids is 2. The van der Waals surface area contributed by atoms with E-state index < -0.39 is 11.8 Å². The summed E-state index contributed by atoms with van der Waals surface area (Å²) in [6, 6.07) is 9.87. The number of ether oxygens (including phenoxy) is 2. The highest BCUT2D eigenvalue weighted by atomic mass is 79.9. The van der Waals surface area contributed by atoms with Gasteiger partial charge in [-0.3, -0.25) is 15.0 Å². The van der Waals surface area contributed by atoms with E-state index in [0.29, 0.717) is 22.1 Å². The molecule has 3 aromatic rings. The molecule has 0 aliphatic carbocycles. The minimum atomic E-state index is -0.535. The lowest BCUT2D eigenvalue weighted by Gasteiger charge is -2.11. The van der Waals surface area contributed by atoms with Crippen molar-refractivity contribution in [2.45, 2.75) is 0 Å². The summed E-state index contributed by atoms with van der Waals surface area (Å²) < 4.78 is 12.4. The van der Waals surface area contributed by atoms with Gasteiger partial charge in [0.15, 0.2) is 15.5 Å². The molecule has 1 aliphatic rings. The molecule has 2 aromatic carbocycles. The predicted octanol–water partition coefficient (Wildman–Crippen LogP) is 2.51. The summed E-state index contributed by atoms with van der Waals surface area (Å²) >= 11 is 9.69. The zero-order chi connectivity index (χ0) is 22.3. The number of methoxy groups -OCH3 is 2. The van der Waals surface area contributed by atoms with Crippen molar-refractivity contribution in [3.63, 3.8) is 0 Å². The van der Waals surface area contributed by atoms with Crippen LogP contribution < -0.4 is 25.5 Å². The monoisotopic (exact) mass is 519 g/mol. The summed E-state index contributed by atoms with van der Waals surface area (Å²) in [4.78, 5) is 29.5. The summed E-state index contributed by atoms with van der Waals surface area (Å²) in [6.07, 6.45) is 0. The highest BCUT2D eigenvalue weighted by Gasteiger charge is 2.26. The van der Waals surface area contributed by atoms with Crippen LogP contribution in [0.3, 0.4) is 0 Å². The number of thiazole rings is 1.